The summed E-state index contributed by atoms with van der Waals surface area (Å²) in [5.41, 5.74) is 0.119. The summed E-state index contributed by atoms with van der Waals surface area (Å²) in [7, 11) is 0. The SMILES string of the molecule is CC(=O)N1CCC(C)(C(=O)Nc2ccc3c(c2)OCO3)C1. The average Bonchev–Trinajstić information content (AvgIpc) is 3.05. The molecule has 1 fully saturated rings. The number of fused-ring (bicyclic) bond motifs is 1. The second-order valence-corrected chi connectivity index (χ2v) is 5.77. The summed E-state index contributed by atoms with van der Waals surface area (Å²) in [5, 5.41) is 2.90. The van der Waals surface area contributed by atoms with Gasteiger partial charge in [0.25, 0.3) is 0 Å². The van der Waals surface area contributed by atoms with Gasteiger partial charge < -0.3 is 19.7 Å². The van der Waals surface area contributed by atoms with Crippen LogP contribution in [0.15, 0.2) is 18.2 Å². The third-order valence-corrected chi connectivity index (χ3v) is 4.10. The maximum Gasteiger partial charge on any atom is 0.232 e. The normalized spacial score (nSPS) is 23.2. The predicted octanol–water partition coefficient (Wildman–Crippen LogP) is 1.61. The zero-order valence-electron chi connectivity index (χ0n) is 12.1. The lowest BCUT2D eigenvalue weighted by Crippen LogP contribution is -2.37. The Labute approximate surface area is 123 Å². The van der Waals surface area contributed by atoms with Gasteiger partial charge in [0.2, 0.25) is 18.6 Å². The van der Waals surface area contributed by atoms with Crippen LogP contribution in [0.4, 0.5) is 5.69 Å². The summed E-state index contributed by atoms with van der Waals surface area (Å²) in [6.45, 7) is 4.71. The molecule has 1 saturated heterocycles. The third-order valence-electron chi connectivity index (χ3n) is 4.10. The number of ether oxygens (including phenoxy) is 2. The van der Waals surface area contributed by atoms with E-state index in [2.05, 4.69) is 5.32 Å². The van der Waals surface area contributed by atoms with Gasteiger partial charge >= 0.3 is 0 Å². The lowest BCUT2D eigenvalue weighted by Gasteiger charge is -2.23. The largest absolute Gasteiger partial charge is 0.454 e. The summed E-state index contributed by atoms with van der Waals surface area (Å²) in [5.74, 6) is 1.25. The highest BCUT2D eigenvalue weighted by Gasteiger charge is 2.41. The average molecular weight is 290 g/mol. The first kappa shape index (κ1) is 13.7. The molecule has 0 bridgehead atoms. The van der Waals surface area contributed by atoms with Gasteiger partial charge in [-0.25, -0.2) is 0 Å². The molecule has 2 aliphatic rings. The molecule has 1 atom stereocenters. The minimum absolute atomic E-state index is 0.00889. The van der Waals surface area contributed by atoms with Crippen LogP contribution in [0.25, 0.3) is 0 Å². The number of rotatable bonds is 2. The number of nitrogens with zero attached hydrogens (tertiary/aromatic N) is 1. The molecule has 6 nitrogen and oxygen atoms in total. The van der Waals surface area contributed by atoms with E-state index < -0.39 is 5.41 Å². The van der Waals surface area contributed by atoms with Gasteiger partial charge in [0, 0.05) is 31.8 Å². The molecule has 112 valence electrons. The Morgan fingerprint density at radius 3 is 2.76 bits per heavy atom. The van der Waals surface area contributed by atoms with Gasteiger partial charge in [0.15, 0.2) is 11.5 Å². The van der Waals surface area contributed by atoms with Gasteiger partial charge in [0.1, 0.15) is 0 Å². The fourth-order valence-electron chi connectivity index (χ4n) is 2.67. The van der Waals surface area contributed by atoms with E-state index in [0.29, 0.717) is 36.7 Å². The molecule has 2 aliphatic heterocycles. The molecule has 2 heterocycles. The zero-order valence-corrected chi connectivity index (χ0v) is 12.1. The first-order valence-electron chi connectivity index (χ1n) is 6.95. The van der Waals surface area contributed by atoms with Gasteiger partial charge in [-0.05, 0) is 25.5 Å². The Balaban J connectivity index is 1.70. The van der Waals surface area contributed by atoms with Crippen molar-refractivity contribution in [3.63, 3.8) is 0 Å². The number of hydrogen-bond acceptors (Lipinski definition) is 4. The molecule has 0 radical (unpaired) electrons. The van der Waals surface area contributed by atoms with E-state index in [1.807, 2.05) is 6.92 Å². The maximum absolute atomic E-state index is 12.5. The topological polar surface area (TPSA) is 67.9 Å². The monoisotopic (exact) mass is 290 g/mol. The van der Waals surface area contributed by atoms with Crippen molar-refractivity contribution in [3.05, 3.63) is 18.2 Å². The van der Waals surface area contributed by atoms with E-state index in [9.17, 15) is 9.59 Å². The third kappa shape index (κ3) is 2.53. The molecule has 1 aromatic rings. The first-order chi connectivity index (χ1) is 9.98. The Kier molecular flexibility index (Phi) is 3.23. The predicted molar refractivity (Wildman–Crippen MR) is 76.2 cm³/mol. The molecule has 0 saturated carbocycles. The summed E-state index contributed by atoms with van der Waals surface area (Å²) in [4.78, 5) is 25.6. The van der Waals surface area contributed by atoms with Crippen molar-refractivity contribution in [2.75, 3.05) is 25.2 Å². The molecule has 21 heavy (non-hydrogen) atoms. The Bertz CT molecular complexity index is 601. The first-order valence-corrected chi connectivity index (χ1v) is 6.95. The Hall–Kier alpha value is -2.24. The number of carbonyl (C=O) groups excluding carboxylic acids is 2. The summed E-state index contributed by atoms with van der Waals surface area (Å²) in [6.07, 6.45) is 0.670. The van der Waals surface area contributed by atoms with E-state index in [-0.39, 0.29) is 18.6 Å². The van der Waals surface area contributed by atoms with E-state index in [4.69, 9.17) is 9.47 Å². The fourth-order valence-corrected chi connectivity index (χ4v) is 2.67. The molecule has 1 aromatic carbocycles. The lowest BCUT2D eigenvalue weighted by molar-refractivity contribution is -0.129. The summed E-state index contributed by atoms with van der Waals surface area (Å²) in [6, 6.07) is 5.31. The van der Waals surface area contributed by atoms with Crippen molar-refractivity contribution >= 4 is 17.5 Å². The van der Waals surface area contributed by atoms with Gasteiger partial charge in [-0.2, -0.15) is 0 Å². The van der Waals surface area contributed by atoms with Crippen LogP contribution in [0.1, 0.15) is 20.3 Å². The van der Waals surface area contributed by atoms with Gasteiger partial charge in [0.05, 0.1) is 5.41 Å². The molecule has 1 N–H and O–H groups in total. The van der Waals surface area contributed by atoms with E-state index in [1.54, 1.807) is 23.1 Å². The summed E-state index contributed by atoms with van der Waals surface area (Å²) >= 11 is 0. The van der Waals surface area contributed by atoms with Crippen LogP contribution in [-0.4, -0.2) is 36.6 Å². The fraction of sp³-hybridized carbons (Fsp3) is 0.467. The molecule has 3 rings (SSSR count). The van der Waals surface area contributed by atoms with Gasteiger partial charge in [-0.15, -0.1) is 0 Å². The molecule has 6 heteroatoms. The van der Waals surface area contributed by atoms with E-state index in [1.165, 1.54) is 6.92 Å². The minimum atomic E-state index is -0.554. The highest BCUT2D eigenvalue weighted by atomic mass is 16.7. The number of nitrogens with one attached hydrogen (secondary N) is 1. The highest BCUT2D eigenvalue weighted by Crippen LogP contribution is 2.36. The van der Waals surface area contributed by atoms with Crippen molar-refractivity contribution < 1.29 is 19.1 Å². The second kappa shape index (κ2) is 4.95. The second-order valence-electron chi connectivity index (χ2n) is 5.77. The zero-order chi connectivity index (χ0) is 15.0. The smallest absolute Gasteiger partial charge is 0.232 e. The van der Waals surface area contributed by atoms with Crippen molar-refractivity contribution in [1.82, 2.24) is 4.90 Å². The summed E-state index contributed by atoms with van der Waals surface area (Å²) < 4.78 is 10.5. The minimum Gasteiger partial charge on any atom is -0.454 e. The maximum atomic E-state index is 12.5. The van der Waals surface area contributed by atoms with E-state index in [0.717, 1.165) is 0 Å². The number of hydrogen-bond donors (Lipinski definition) is 1. The van der Waals surface area contributed by atoms with Crippen molar-refractivity contribution in [1.29, 1.82) is 0 Å². The van der Waals surface area contributed by atoms with Crippen LogP contribution in [0.3, 0.4) is 0 Å². The molecule has 0 aliphatic carbocycles. The van der Waals surface area contributed by atoms with Gasteiger partial charge in [-0.3, -0.25) is 9.59 Å². The van der Waals surface area contributed by atoms with E-state index >= 15 is 0 Å². The number of amides is 2. The lowest BCUT2D eigenvalue weighted by atomic mass is 9.88. The quantitative estimate of drug-likeness (QED) is 0.898. The van der Waals surface area contributed by atoms with Crippen LogP contribution in [0.2, 0.25) is 0 Å². The number of carbonyl (C=O) groups is 2. The van der Waals surface area contributed by atoms with Crippen LogP contribution < -0.4 is 14.8 Å². The van der Waals surface area contributed by atoms with Crippen LogP contribution in [0, 0.1) is 5.41 Å². The van der Waals surface area contributed by atoms with Crippen molar-refractivity contribution in [3.8, 4) is 11.5 Å². The molecular formula is C15H18N2O4. The Morgan fingerprint density at radius 2 is 2.05 bits per heavy atom. The van der Waals surface area contributed by atoms with Gasteiger partial charge in [-0.1, -0.05) is 0 Å². The van der Waals surface area contributed by atoms with Crippen molar-refractivity contribution in [2.45, 2.75) is 20.3 Å². The molecule has 2 amide bonds. The molecule has 0 aromatic heterocycles. The van der Waals surface area contributed by atoms with Crippen molar-refractivity contribution in [2.24, 2.45) is 5.41 Å². The molecular weight excluding hydrogens is 272 g/mol. The van der Waals surface area contributed by atoms with Crippen LogP contribution >= 0.6 is 0 Å². The number of anilines is 1. The number of likely N-dealkylation sites (tertiary alicyclic amines) is 1. The molecule has 0 spiro atoms. The molecule has 1 unspecified atom stereocenters. The van der Waals surface area contributed by atoms with Crippen LogP contribution in [0.5, 0.6) is 11.5 Å². The standard InChI is InChI=1S/C15H18N2O4/c1-10(18)17-6-5-15(2,8-17)14(19)16-11-3-4-12-13(7-11)21-9-20-12/h3-4,7H,5-6,8-9H2,1-2H3,(H,16,19). The highest BCUT2D eigenvalue weighted by molar-refractivity contribution is 5.96. The van der Waals surface area contributed by atoms with Crippen LogP contribution in [-0.2, 0) is 9.59 Å². The number of benzene rings is 1. The Morgan fingerprint density at radius 1 is 1.29 bits per heavy atom.